The topological polar surface area (TPSA) is 86.5 Å². The van der Waals surface area contributed by atoms with Gasteiger partial charge in [-0.2, -0.15) is 10.1 Å². The fourth-order valence-corrected chi connectivity index (χ4v) is 3.72. The zero-order valence-corrected chi connectivity index (χ0v) is 19.9. The zero-order valence-electron chi connectivity index (χ0n) is 18.3. The summed E-state index contributed by atoms with van der Waals surface area (Å²) in [4.78, 5) is 4.58. The number of hydrazone groups is 1. The molecular formula is C23H25BrN6O2. The lowest BCUT2D eigenvalue weighted by Crippen LogP contribution is -2.02. The number of rotatable bonds is 9. The van der Waals surface area contributed by atoms with Crippen LogP contribution in [0.15, 0.2) is 46.0 Å². The second kappa shape index (κ2) is 9.95. The first-order valence-corrected chi connectivity index (χ1v) is 11.4. The van der Waals surface area contributed by atoms with Gasteiger partial charge in [0.1, 0.15) is 5.52 Å². The molecule has 0 bridgehead atoms. The second-order valence-corrected chi connectivity index (χ2v) is 8.15. The molecule has 0 aliphatic carbocycles. The van der Waals surface area contributed by atoms with Crippen LogP contribution >= 0.6 is 15.9 Å². The number of aryl methyl sites for hydroxylation is 1. The summed E-state index contributed by atoms with van der Waals surface area (Å²) < 4.78 is 14.5. The van der Waals surface area contributed by atoms with Gasteiger partial charge in [0.25, 0.3) is 5.95 Å². The van der Waals surface area contributed by atoms with Crippen molar-refractivity contribution >= 4 is 50.2 Å². The van der Waals surface area contributed by atoms with Crippen LogP contribution in [0, 0.1) is 0 Å². The third kappa shape index (κ3) is 4.67. The smallest absolute Gasteiger partial charge is 0.265 e. The van der Waals surface area contributed by atoms with E-state index in [1.807, 2.05) is 54.9 Å². The molecule has 4 aromatic rings. The van der Waals surface area contributed by atoms with Crippen molar-refractivity contribution in [3.63, 3.8) is 0 Å². The van der Waals surface area contributed by atoms with E-state index in [9.17, 15) is 0 Å². The predicted molar refractivity (Wildman–Crippen MR) is 131 cm³/mol. The van der Waals surface area contributed by atoms with Crippen molar-refractivity contribution in [2.75, 3.05) is 18.6 Å². The van der Waals surface area contributed by atoms with Gasteiger partial charge in [0.05, 0.1) is 24.9 Å². The molecule has 2 heterocycles. The van der Waals surface area contributed by atoms with Crippen LogP contribution in [0.3, 0.4) is 0 Å². The van der Waals surface area contributed by atoms with E-state index in [-0.39, 0.29) is 0 Å². The number of aromatic nitrogens is 4. The van der Waals surface area contributed by atoms with Crippen LogP contribution in [-0.4, -0.2) is 39.2 Å². The second-order valence-electron chi connectivity index (χ2n) is 7.24. The van der Waals surface area contributed by atoms with Gasteiger partial charge in [-0.1, -0.05) is 29.3 Å². The Morgan fingerprint density at radius 3 is 2.78 bits per heavy atom. The molecule has 32 heavy (non-hydrogen) atoms. The van der Waals surface area contributed by atoms with Gasteiger partial charge in [-0.25, -0.2) is 5.43 Å². The van der Waals surface area contributed by atoms with Gasteiger partial charge in [-0.3, -0.25) is 0 Å². The number of hydrogen-bond donors (Lipinski definition) is 1. The van der Waals surface area contributed by atoms with Crippen LogP contribution in [-0.2, 0) is 7.05 Å². The fourth-order valence-electron chi connectivity index (χ4n) is 3.36. The van der Waals surface area contributed by atoms with E-state index in [0.29, 0.717) is 24.9 Å². The molecule has 0 unspecified atom stereocenters. The highest BCUT2D eigenvalue weighted by molar-refractivity contribution is 9.10. The third-order valence-corrected chi connectivity index (χ3v) is 5.46. The lowest BCUT2D eigenvalue weighted by molar-refractivity contribution is 0.272. The first-order chi connectivity index (χ1) is 15.6. The van der Waals surface area contributed by atoms with E-state index in [1.54, 1.807) is 6.21 Å². The molecule has 0 amide bonds. The monoisotopic (exact) mass is 496 g/mol. The molecule has 1 N–H and O–H groups in total. The van der Waals surface area contributed by atoms with Crippen molar-refractivity contribution < 1.29 is 9.47 Å². The van der Waals surface area contributed by atoms with E-state index in [2.05, 4.69) is 48.6 Å². The van der Waals surface area contributed by atoms with Gasteiger partial charge in [-0.05, 0) is 55.3 Å². The molecule has 0 radical (unpaired) electrons. The lowest BCUT2D eigenvalue weighted by atomic mass is 10.2. The molecule has 166 valence electrons. The minimum absolute atomic E-state index is 0.322. The van der Waals surface area contributed by atoms with Crippen LogP contribution in [0.2, 0.25) is 0 Å². The van der Waals surface area contributed by atoms with Crippen molar-refractivity contribution in [1.82, 2.24) is 19.7 Å². The Kier molecular flexibility index (Phi) is 6.84. The van der Waals surface area contributed by atoms with Crippen LogP contribution in [0.25, 0.3) is 22.1 Å². The molecule has 2 aromatic heterocycles. The van der Waals surface area contributed by atoms with Crippen LogP contribution in [0.4, 0.5) is 5.95 Å². The summed E-state index contributed by atoms with van der Waals surface area (Å²) in [7, 11) is 1.96. The molecule has 0 saturated carbocycles. The van der Waals surface area contributed by atoms with E-state index in [4.69, 9.17) is 9.47 Å². The molecule has 9 heteroatoms. The highest BCUT2D eigenvalue weighted by Gasteiger charge is 2.13. The molecule has 0 aliphatic heterocycles. The van der Waals surface area contributed by atoms with E-state index >= 15 is 0 Å². The first-order valence-electron chi connectivity index (χ1n) is 10.6. The highest BCUT2D eigenvalue weighted by Crippen LogP contribution is 2.29. The molecule has 8 nitrogen and oxygen atoms in total. The molecule has 2 aromatic carbocycles. The molecular weight excluding hydrogens is 472 g/mol. The number of nitrogens with one attached hydrogen (secondary N) is 1. The first kappa shape index (κ1) is 22.0. The minimum Gasteiger partial charge on any atom is -0.490 e. The Hall–Kier alpha value is -3.20. The molecule has 0 aliphatic rings. The van der Waals surface area contributed by atoms with Gasteiger partial charge in [0.15, 0.2) is 17.1 Å². The van der Waals surface area contributed by atoms with Gasteiger partial charge < -0.3 is 14.0 Å². The van der Waals surface area contributed by atoms with E-state index in [0.717, 1.165) is 50.7 Å². The normalized spacial score (nSPS) is 11.5. The SMILES string of the molecule is CCCCOc1ccc(/C=N/Nc2nnc3c4cc(Br)ccc4n(C)c3n2)cc1OCC. The number of anilines is 1. The van der Waals surface area contributed by atoms with E-state index in [1.165, 1.54) is 0 Å². The zero-order chi connectivity index (χ0) is 22.5. The van der Waals surface area contributed by atoms with Gasteiger partial charge in [0.2, 0.25) is 0 Å². The lowest BCUT2D eigenvalue weighted by Gasteiger charge is -2.12. The largest absolute Gasteiger partial charge is 0.490 e. The van der Waals surface area contributed by atoms with Gasteiger partial charge in [0, 0.05) is 16.9 Å². The van der Waals surface area contributed by atoms with Crippen LogP contribution in [0.5, 0.6) is 11.5 Å². The van der Waals surface area contributed by atoms with Crippen molar-refractivity contribution in [2.45, 2.75) is 26.7 Å². The van der Waals surface area contributed by atoms with Crippen molar-refractivity contribution in [3.05, 3.63) is 46.4 Å². The van der Waals surface area contributed by atoms with Gasteiger partial charge >= 0.3 is 0 Å². The summed E-state index contributed by atoms with van der Waals surface area (Å²) >= 11 is 3.51. The summed E-state index contributed by atoms with van der Waals surface area (Å²) in [6, 6.07) is 11.8. The number of nitrogens with zero attached hydrogens (tertiary/aromatic N) is 5. The maximum Gasteiger partial charge on any atom is 0.265 e. The summed E-state index contributed by atoms with van der Waals surface area (Å²) in [6.07, 6.45) is 3.77. The Balaban J connectivity index is 1.52. The molecule has 0 saturated heterocycles. The number of halogens is 1. The molecule has 0 atom stereocenters. The summed E-state index contributed by atoms with van der Waals surface area (Å²) in [6.45, 7) is 5.31. The number of hydrogen-bond acceptors (Lipinski definition) is 7. The average molecular weight is 497 g/mol. The molecule has 0 fully saturated rings. The van der Waals surface area contributed by atoms with Crippen molar-refractivity contribution in [3.8, 4) is 11.5 Å². The summed E-state index contributed by atoms with van der Waals surface area (Å²) in [5.74, 6) is 1.77. The Labute approximate surface area is 194 Å². The highest BCUT2D eigenvalue weighted by atomic mass is 79.9. The quantitative estimate of drug-likeness (QED) is 0.192. The third-order valence-electron chi connectivity index (χ3n) is 4.96. The van der Waals surface area contributed by atoms with E-state index < -0.39 is 0 Å². The fraction of sp³-hybridized carbons (Fsp3) is 0.304. The maximum atomic E-state index is 5.82. The standard InChI is InChI=1S/C23H25BrN6O2/c1-4-6-11-32-19-10-7-15(12-20(19)31-5-2)14-25-28-23-26-22-21(27-29-23)17-13-16(24)8-9-18(17)30(22)3/h7-10,12-14H,4-6,11H2,1-3H3,(H,26,28,29)/b25-14+. The number of fused-ring (bicyclic) bond motifs is 3. The van der Waals surface area contributed by atoms with Crippen LogP contribution < -0.4 is 14.9 Å². The Bertz CT molecular complexity index is 1270. The maximum absolute atomic E-state index is 5.82. The average Bonchev–Trinajstić information content (AvgIpc) is 3.06. The molecule has 4 rings (SSSR count). The number of benzene rings is 2. The Morgan fingerprint density at radius 1 is 1.09 bits per heavy atom. The number of unbranched alkanes of at least 4 members (excludes halogenated alkanes) is 1. The van der Waals surface area contributed by atoms with Crippen molar-refractivity contribution in [2.24, 2.45) is 12.1 Å². The summed E-state index contributed by atoms with van der Waals surface area (Å²) in [5.41, 5.74) is 6.25. The number of ether oxygens (including phenoxy) is 2. The Morgan fingerprint density at radius 2 is 1.97 bits per heavy atom. The van der Waals surface area contributed by atoms with Gasteiger partial charge in [-0.15, -0.1) is 10.2 Å². The van der Waals surface area contributed by atoms with Crippen molar-refractivity contribution in [1.29, 1.82) is 0 Å². The van der Waals surface area contributed by atoms with Crippen LogP contribution in [0.1, 0.15) is 32.3 Å². The summed E-state index contributed by atoms with van der Waals surface area (Å²) in [5, 5.41) is 13.8. The minimum atomic E-state index is 0.322. The molecule has 0 spiro atoms. The predicted octanol–water partition coefficient (Wildman–Crippen LogP) is 5.30.